The van der Waals surface area contributed by atoms with Gasteiger partial charge < -0.3 is 0 Å². The standard InChI is InChI=1S/C11H14Cl2O2P/c1-3-8(2)15-16(14)7-9-10(12)5-4-6-11(9)13/h4-6,8H,3,7H2,1-2H3/q+1. The highest BCUT2D eigenvalue weighted by Gasteiger charge is 2.24. The fraction of sp³-hybridized carbons (Fsp3) is 0.455. The molecule has 0 aliphatic heterocycles. The topological polar surface area (TPSA) is 26.3 Å². The van der Waals surface area contributed by atoms with E-state index in [1.54, 1.807) is 18.2 Å². The molecule has 88 valence electrons. The van der Waals surface area contributed by atoms with Crippen molar-refractivity contribution >= 4 is 31.2 Å². The van der Waals surface area contributed by atoms with E-state index in [0.29, 0.717) is 15.6 Å². The van der Waals surface area contributed by atoms with Gasteiger partial charge in [-0.25, -0.2) is 0 Å². The first-order chi connectivity index (χ1) is 7.54. The summed E-state index contributed by atoms with van der Waals surface area (Å²) in [6.45, 7) is 3.87. The molecule has 5 heteroatoms. The van der Waals surface area contributed by atoms with Crippen molar-refractivity contribution in [3.05, 3.63) is 33.8 Å². The molecule has 1 rings (SSSR count). The van der Waals surface area contributed by atoms with Crippen LogP contribution in [0.3, 0.4) is 0 Å². The third-order valence-corrected chi connectivity index (χ3v) is 4.10. The van der Waals surface area contributed by atoms with Crippen LogP contribution in [0.4, 0.5) is 0 Å². The lowest BCUT2D eigenvalue weighted by Crippen LogP contribution is -2.00. The van der Waals surface area contributed by atoms with Crippen LogP contribution in [0.2, 0.25) is 10.0 Å². The maximum absolute atomic E-state index is 11.7. The first-order valence-corrected chi connectivity index (χ1v) is 7.20. The Kier molecular flexibility index (Phi) is 5.71. The Hall–Kier alpha value is -0.140. The minimum absolute atomic E-state index is 0.00938. The van der Waals surface area contributed by atoms with Gasteiger partial charge in [0.2, 0.25) is 6.16 Å². The fourth-order valence-corrected chi connectivity index (χ4v) is 3.07. The summed E-state index contributed by atoms with van der Waals surface area (Å²) >= 11 is 12.0. The second kappa shape index (κ2) is 6.56. The molecule has 0 aliphatic rings. The molecule has 16 heavy (non-hydrogen) atoms. The van der Waals surface area contributed by atoms with E-state index >= 15 is 0 Å². The lowest BCUT2D eigenvalue weighted by atomic mass is 10.2. The number of benzene rings is 1. The Labute approximate surface area is 107 Å². The van der Waals surface area contributed by atoms with E-state index in [-0.39, 0.29) is 12.3 Å². The van der Waals surface area contributed by atoms with Gasteiger partial charge in [0.15, 0.2) is 0 Å². The smallest absolute Gasteiger partial charge is 0.143 e. The highest BCUT2D eigenvalue weighted by atomic mass is 35.5. The molecule has 2 unspecified atom stereocenters. The molecule has 0 radical (unpaired) electrons. The van der Waals surface area contributed by atoms with Crippen molar-refractivity contribution < 1.29 is 9.09 Å². The van der Waals surface area contributed by atoms with E-state index in [9.17, 15) is 4.57 Å². The molecule has 0 saturated heterocycles. The van der Waals surface area contributed by atoms with Crippen LogP contribution in [-0.2, 0) is 15.3 Å². The quantitative estimate of drug-likeness (QED) is 0.705. The number of hydrogen-bond acceptors (Lipinski definition) is 2. The van der Waals surface area contributed by atoms with Crippen LogP contribution in [0.5, 0.6) is 0 Å². The second-order valence-corrected chi connectivity index (χ2v) is 5.52. The first-order valence-electron chi connectivity index (χ1n) is 5.09. The van der Waals surface area contributed by atoms with Crippen LogP contribution < -0.4 is 0 Å². The molecule has 0 aliphatic carbocycles. The maximum Gasteiger partial charge on any atom is 0.513 e. The molecule has 2 atom stereocenters. The molecule has 0 N–H and O–H groups in total. The zero-order valence-corrected chi connectivity index (χ0v) is 11.6. The molecule has 0 spiro atoms. The summed E-state index contributed by atoms with van der Waals surface area (Å²) in [5.41, 5.74) is 0.690. The maximum atomic E-state index is 11.7. The summed E-state index contributed by atoms with van der Waals surface area (Å²) in [6, 6.07) is 5.22. The summed E-state index contributed by atoms with van der Waals surface area (Å²) in [6.07, 6.45) is 1.08. The highest BCUT2D eigenvalue weighted by molar-refractivity contribution is 7.38. The number of hydrogen-bond donors (Lipinski definition) is 0. The van der Waals surface area contributed by atoms with Crippen LogP contribution in [0.1, 0.15) is 25.8 Å². The normalized spacial score (nSPS) is 13.6. The lowest BCUT2D eigenvalue weighted by Gasteiger charge is -2.02. The van der Waals surface area contributed by atoms with Crippen LogP contribution >= 0.6 is 31.2 Å². The van der Waals surface area contributed by atoms with E-state index in [1.807, 2.05) is 13.8 Å². The SMILES string of the molecule is CCC(C)O[P+](=O)Cc1c(Cl)cccc1Cl. The van der Waals surface area contributed by atoms with Gasteiger partial charge in [0.1, 0.15) is 6.10 Å². The van der Waals surface area contributed by atoms with Crippen molar-refractivity contribution in [1.82, 2.24) is 0 Å². The minimum atomic E-state index is -1.75. The van der Waals surface area contributed by atoms with Crippen LogP contribution in [-0.4, -0.2) is 6.10 Å². The molecule has 0 heterocycles. The Balaban J connectivity index is 2.70. The lowest BCUT2D eigenvalue weighted by molar-refractivity contribution is 0.230. The van der Waals surface area contributed by atoms with Gasteiger partial charge in [-0.15, -0.1) is 4.52 Å². The van der Waals surface area contributed by atoms with Crippen molar-refractivity contribution in [1.29, 1.82) is 0 Å². The van der Waals surface area contributed by atoms with E-state index in [1.165, 1.54) is 0 Å². The molecule has 0 bridgehead atoms. The molecule has 1 aromatic carbocycles. The molecule has 0 amide bonds. The van der Waals surface area contributed by atoms with Crippen molar-refractivity contribution in [3.63, 3.8) is 0 Å². The van der Waals surface area contributed by atoms with Gasteiger partial charge in [0.25, 0.3) is 0 Å². The van der Waals surface area contributed by atoms with Crippen molar-refractivity contribution in [2.45, 2.75) is 32.5 Å². The molecule has 1 aromatic rings. The predicted molar refractivity (Wildman–Crippen MR) is 68.6 cm³/mol. The zero-order chi connectivity index (χ0) is 12.1. The van der Waals surface area contributed by atoms with Crippen LogP contribution in [0.25, 0.3) is 0 Å². The fourth-order valence-electron chi connectivity index (χ4n) is 1.12. The summed E-state index contributed by atoms with van der Waals surface area (Å²) in [5, 5.41) is 1.06. The van der Waals surface area contributed by atoms with Crippen molar-refractivity contribution in [3.8, 4) is 0 Å². The van der Waals surface area contributed by atoms with Crippen LogP contribution in [0.15, 0.2) is 18.2 Å². The minimum Gasteiger partial charge on any atom is -0.143 e. The van der Waals surface area contributed by atoms with E-state index in [4.69, 9.17) is 27.7 Å². The largest absolute Gasteiger partial charge is 0.513 e. The Morgan fingerprint density at radius 2 is 1.94 bits per heavy atom. The monoisotopic (exact) mass is 279 g/mol. The zero-order valence-electron chi connectivity index (χ0n) is 9.24. The van der Waals surface area contributed by atoms with Gasteiger partial charge in [0.05, 0.1) is 0 Å². The van der Waals surface area contributed by atoms with E-state index < -0.39 is 8.03 Å². The summed E-state index contributed by atoms with van der Waals surface area (Å²) < 4.78 is 17.0. The Bertz CT molecular complexity index is 362. The van der Waals surface area contributed by atoms with Gasteiger partial charge in [-0.05, 0) is 30.0 Å². The van der Waals surface area contributed by atoms with Crippen molar-refractivity contribution in [2.24, 2.45) is 0 Å². The average molecular weight is 280 g/mol. The second-order valence-electron chi connectivity index (χ2n) is 3.52. The predicted octanol–water partition coefficient (Wildman–Crippen LogP) is 5.05. The molecule has 0 saturated carbocycles. The molecule has 0 fully saturated rings. The Morgan fingerprint density at radius 1 is 1.38 bits per heavy atom. The number of halogens is 2. The third-order valence-electron chi connectivity index (χ3n) is 2.22. The highest BCUT2D eigenvalue weighted by Crippen LogP contribution is 2.36. The van der Waals surface area contributed by atoms with Gasteiger partial charge >= 0.3 is 8.03 Å². The summed E-state index contributed by atoms with van der Waals surface area (Å²) in [4.78, 5) is 0. The van der Waals surface area contributed by atoms with Crippen LogP contribution in [0, 0.1) is 0 Å². The average Bonchev–Trinajstić information content (AvgIpc) is 2.23. The van der Waals surface area contributed by atoms with Gasteiger partial charge in [-0.1, -0.05) is 36.2 Å². The summed E-state index contributed by atoms with van der Waals surface area (Å²) in [5.74, 6) is 0. The van der Waals surface area contributed by atoms with E-state index in [2.05, 4.69) is 0 Å². The Morgan fingerprint density at radius 3 is 2.44 bits per heavy atom. The first kappa shape index (κ1) is 13.9. The van der Waals surface area contributed by atoms with Gasteiger partial charge in [0, 0.05) is 15.6 Å². The van der Waals surface area contributed by atoms with Gasteiger partial charge in [-0.3, -0.25) is 0 Å². The van der Waals surface area contributed by atoms with Crippen molar-refractivity contribution in [2.75, 3.05) is 0 Å². The number of rotatable bonds is 5. The molecular weight excluding hydrogens is 266 g/mol. The molecule has 0 aromatic heterocycles. The molecular formula is C11H14Cl2O2P+. The summed E-state index contributed by atoms with van der Waals surface area (Å²) in [7, 11) is -1.75. The third kappa shape index (κ3) is 4.03. The molecule has 2 nitrogen and oxygen atoms in total. The van der Waals surface area contributed by atoms with E-state index in [0.717, 1.165) is 6.42 Å². The van der Waals surface area contributed by atoms with Gasteiger partial charge in [-0.2, -0.15) is 0 Å².